The van der Waals surface area contributed by atoms with Gasteiger partial charge in [0.05, 0.1) is 12.1 Å². The SMILES string of the molecule is CC.CC.CCC1CC(=O)N(CC(C)(C)OCCC(C)(C)C(=O)NCCNC)C1=O. The third kappa shape index (κ3) is 10.5. The number of nitrogens with one attached hydrogen (secondary N) is 2. The molecule has 0 bridgehead atoms. The van der Waals surface area contributed by atoms with Gasteiger partial charge in [-0.15, -0.1) is 0 Å². The highest BCUT2D eigenvalue weighted by atomic mass is 16.5. The van der Waals surface area contributed by atoms with Crippen molar-refractivity contribution in [1.82, 2.24) is 15.5 Å². The van der Waals surface area contributed by atoms with Crippen molar-refractivity contribution in [1.29, 1.82) is 0 Å². The van der Waals surface area contributed by atoms with Gasteiger partial charge in [0.1, 0.15) is 0 Å². The normalized spacial score (nSPS) is 16.5. The first-order valence-corrected chi connectivity index (χ1v) is 11.4. The molecule has 0 saturated carbocycles. The lowest BCUT2D eigenvalue weighted by Crippen LogP contribution is -2.45. The van der Waals surface area contributed by atoms with E-state index in [1.54, 1.807) is 0 Å². The number of likely N-dealkylation sites (N-methyl/N-ethyl adjacent to an activating group) is 1. The minimum absolute atomic E-state index is 0.00941. The molecular weight excluding hydrogens is 382 g/mol. The highest BCUT2D eigenvalue weighted by molar-refractivity contribution is 6.03. The largest absolute Gasteiger partial charge is 0.374 e. The van der Waals surface area contributed by atoms with Crippen LogP contribution in [0.1, 0.15) is 81.6 Å². The molecule has 1 heterocycles. The Kier molecular flexibility index (Phi) is 15.7. The lowest BCUT2D eigenvalue weighted by molar-refractivity contribution is -0.145. The van der Waals surface area contributed by atoms with Gasteiger partial charge < -0.3 is 15.4 Å². The van der Waals surface area contributed by atoms with Crippen molar-refractivity contribution in [2.75, 3.05) is 33.3 Å². The van der Waals surface area contributed by atoms with Crippen molar-refractivity contribution < 1.29 is 19.1 Å². The van der Waals surface area contributed by atoms with Crippen LogP contribution in [0.2, 0.25) is 0 Å². The number of carbonyl (C=O) groups is 3. The third-order valence-electron chi connectivity index (χ3n) is 4.86. The molecule has 2 N–H and O–H groups in total. The Morgan fingerprint density at radius 3 is 2.13 bits per heavy atom. The number of likely N-dealkylation sites (tertiary alicyclic amines) is 1. The predicted octanol–water partition coefficient (Wildman–Crippen LogP) is 3.37. The van der Waals surface area contributed by atoms with Crippen LogP contribution in [0, 0.1) is 11.3 Å². The number of carbonyl (C=O) groups excluding carboxylic acids is 3. The topological polar surface area (TPSA) is 87.7 Å². The van der Waals surface area contributed by atoms with E-state index in [-0.39, 0.29) is 30.2 Å². The van der Waals surface area contributed by atoms with Crippen LogP contribution in [0.5, 0.6) is 0 Å². The molecule has 0 aromatic carbocycles. The fraction of sp³-hybridized carbons (Fsp3) is 0.870. The van der Waals surface area contributed by atoms with Crippen molar-refractivity contribution in [3.8, 4) is 0 Å². The van der Waals surface area contributed by atoms with Crippen molar-refractivity contribution in [3.05, 3.63) is 0 Å². The smallest absolute Gasteiger partial charge is 0.232 e. The van der Waals surface area contributed by atoms with E-state index >= 15 is 0 Å². The van der Waals surface area contributed by atoms with Gasteiger partial charge in [-0.2, -0.15) is 0 Å². The van der Waals surface area contributed by atoms with E-state index in [2.05, 4.69) is 10.6 Å². The van der Waals surface area contributed by atoms with Crippen molar-refractivity contribution in [2.24, 2.45) is 11.3 Å². The summed E-state index contributed by atoms with van der Waals surface area (Å²) in [5, 5.41) is 5.89. The van der Waals surface area contributed by atoms with Crippen LogP contribution >= 0.6 is 0 Å². The van der Waals surface area contributed by atoms with Gasteiger partial charge in [0.2, 0.25) is 17.7 Å². The third-order valence-corrected chi connectivity index (χ3v) is 4.86. The van der Waals surface area contributed by atoms with E-state index in [4.69, 9.17) is 4.74 Å². The first-order chi connectivity index (χ1) is 14.0. The summed E-state index contributed by atoms with van der Waals surface area (Å²) in [5.74, 6) is -0.426. The average Bonchev–Trinajstić information content (AvgIpc) is 2.98. The summed E-state index contributed by atoms with van der Waals surface area (Å²) >= 11 is 0. The second-order valence-corrected chi connectivity index (χ2v) is 8.23. The molecule has 1 unspecified atom stereocenters. The quantitative estimate of drug-likeness (QED) is 0.388. The first kappa shape index (κ1) is 30.7. The zero-order chi connectivity index (χ0) is 24.0. The van der Waals surface area contributed by atoms with E-state index in [0.29, 0.717) is 32.4 Å². The van der Waals surface area contributed by atoms with Gasteiger partial charge in [0.15, 0.2) is 0 Å². The molecule has 30 heavy (non-hydrogen) atoms. The number of hydrogen-bond donors (Lipinski definition) is 2. The van der Waals surface area contributed by atoms with Crippen LogP contribution in [0.4, 0.5) is 0 Å². The van der Waals surface area contributed by atoms with Crippen molar-refractivity contribution in [2.45, 2.75) is 87.2 Å². The summed E-state index contributed by atoms with van der Waals surface area (Å²) in [7, 11) is 1.84. The highest BCUT2D eigenvalue weighted by Gasteiger charge is 2.40. The van der Waals surface area contributed by atoms with Gasteiger partial charge >= 0.3 is 0 Å². The van der Waals surface area contributed by atoms with Crippen LogP contribution in [0.25, 0.3) is 0 Å². The summed E-state index contributed by atoms with van der Waals surface area (Å²) in [6.45, 7) is 19.4. The van der Waals surface area contributed by atoms with Crippen LogP contribution in [0.3, 0.4) is 0 Å². The molecule has 1 rings (SSSR count). The van der Waals surface area contributed by atoms with E-state index in [0.717, 1.165) is 6.54 Å². The second-order valence-electron chi connectivity index (χ2n) is 8.23. The van der Waals surface area contributed by atoms with Gasteiger partial charge in [-0.1, -0.05) is 48.5 Å². The van der Waals surface area contributed by atoms with Gasteiger partial charge in [-0.05, 0) is 33.7 Å². The molecule has 0 spiro atoms. The van der Waals surface area contributed by atoms with Gasteiger partial charge in [-0.3, -0.25) is 19.3 Å². The van der Waals surface area contributed by atoms with Crippen LogP contribution < -0.4 is 10.6 Å². The summed E-state index contributed by atoms with van der Waals surface area (Å²) < 4.78 is 5.93. The molecule has 7 heteroatoms. The number of rotatable bonds is 11. The zero-order valence-corrected chi connectivity index (χ0v) is 21.1. The Morgan fingerprint density at radius 2 is 1.67 bits per heavy atom. The Labute approximate surface area is 184 Å². The minimum atomic E-state index is -0.646. The van der Waals surface area contributed by atoms with Crippen molar-refractivity contribution >= 4 is 17.7 Å². The Balaban J connectivity index is 0. The van der Waals surface area contributed by atoms with Gasteiger partial charge in [-0.25, -0.2) is 0 Å². The Hall–Kier alpha value is -1.47. The van der Waals surface area contributed by atoms with Gasteiger partial charge in [0, 0.05) is 37.5 Å². The molecule has 0 aromatic heterocycles. The molecule has 178 valence electrons. The molecule has 1 fully saturated rings. The molecule has 0 aliphatic carbocycles. The van der Waals surface area contributed by atoms with Crippen molar-refractivity contribution in [3.63, 3.8) is 0 Å². The van der Waals surface area contributed by atoms with Crippen LogP contribution in [0.15, 0.2) is 0 Å². The molecule has 7 nitrogen and oxygen atoms in total. The fourth-order valence-corrected chi connectivity index (χ4v) is 2.90. The molecule has 1 saturated heterocycles. The minimum Gasteiger partial charge on any atom is -0.374 e. The predicted molar refractivity (Wildman–Crippen MR) is 123 cm³/mol. The lowest BCUT2D eigenvalue weighted by Gasteiger charge is -2.31. The number of nitrogens with zero attached hydrogens (tertiary/aromatic N) is 1. The maximum atomic E-state index is 12.3. The van der Waals surface area contributed by atoms with E-state index < -0.39 is 11.0 Å². The second kappa shape index (κ2) is 15.3. The number of amides is 3. The molecule has 1 atom stereocenters. The summed E-state index contributed by atoms with van der Waals surface area (Å²) in [5.41, 5.74) is -1.19. The standard InChI is InChI=1S/C19H35N3O4.2C2H6/c1-7-14-12-15(23)22(16(14)24)13-19(4,5)26-11-8-18(2,3)17(25)21-10-9-20-6;2*1-2/h14,20H,7-13H2,1-6H3,(H,21,25);2*1-2H3. The number of hydrogen-bond acceptors (Lipinski definition) is 5. The molecular formula is C23H47N3O4. The highest BCUT2D eigenvalue weighted by Crippen LogP contribution is 2.26. The molecule has 1 aliphatic heterocycles. The molecule has 0 aromatic rings. The summed E-state index contributed by atoms with van der Waals surface area (Å²) in [4.78, 5) is 37.9. The van der Waals surface area contributed by atoms with Crippen LogP contribution in [-0.4, -0.2) is 61.5 Å². The van der Waals surface area contributed by atoms with E-state index in [1.165, 1.54) is 4.90 Å². The van der Waals surface area contributed by atoms with Crippen LogP contribution in [-0.2, 0) is 19.1 Å². The average molecular weight is 430 g/mol. The summed E-state index contributed by atoms with van der Waals surface area (Å²) in [6, 6.07) is 0. The number of ether oxygens (including phenoxy) is 1. The fourth-order valence-electron chi connectivity index (χ4n) is 2.90. The maximum absolute atomic E-state index is 12.3. The summed E-state index contributed by atoms with van der Waals surface area (Å²) in [6.07, 6.45) is 1.53. The molecule has 1 aliphatic rings. The Morgan fingerprint density at radius 1 is 1.10 bits per heavy atom. The zero-order valence-electron chi connectivity index (χ0n) is 21.1. The number of imide groups is 1. The lowest BCUT2D eigenvalue weighted by atomic mass is 9.88. The maximum Gasteiger partial charge on any atom is 0.232 e. The molecule has 0 radical (unpaired) electrons. The van der Waals surface area contributed by atoms with E-state index in [9.17, 15) is 14.4 Å². The molecule has 3 amide bonds. The van der Waals surface area contributed by atoms with E-state index in [1.807, 2.05) is 69.4 Å². The Bertz CT molecular complexity index is 519. The van der Waals surface area contributed by atoms with Gasteiger partial charge in [0.25, 0.3) is 0 Å². The first-order valence-electron chi connectivity index (χ1n) is 11.4. The monoisotopic (exact) mass is 429 g/mol.